The molecule has 1 heterocycles. The number of anilines is 2. The molecule has 1 aliphatic heterocycles. The van der Waals surface area contributed by atoms with Crippen LogP contribution in [0.1, 0.15) is 13.3 Å². The van der Waals surface area contributed by atoms with Gasteiger partial charge in [-0.3, -0.25) is 4.79 Å². The van der Waals surface area contributed by atoms with Gasteiger partial charge in [-0.25, -0.2) is 0 Å². The van der Waals surface area contributed by atoms with Crippen LogP contribution in [-0.4, -0.2) is 26.1 Å². The van der Waals surface area contributed by atoms with Gasteiger partial charge < -0.3 is 15.0 Å². The maximum atomic E-state index is 11.9. The standard InChI is InChI=1S/C12H16N2O2/c1-4-9-12(15)14(2)11-7-8(16-3)5-6-10(11)13-9/h5-7,9,13H,4H2,1-3H3. The van der Waals surface area contributed by atoms with Gasteiger partial charge >= 0.3 is 0 Å². The lowest BCUT2D eigenvalue weighted by atomic mass is 10.1. The number of rotatable bonds is 2. The second-order valence-corrected chi connectivity index (χ2v) is 3.89. The van der Waals surface area contributed by atoms with Crippen molar-refractivity contribution in [2.45, 2.75) is 19.4 Å². The Labute approximate surface area is 95.2 Å². The van der Waals surface area contributed by atoms with Crippen LogP contribution in [0.3, 0.4) is 0 Å². The molecule has 0 aliphatic carbocycles. The van der Waals surface area contributed by atoms with Crippen LogP contribution in [-0.2, 0) is 4.79 Å². The highest BCUT2D eigenvalue weighted by Gasteiger charge is 2.28. The third kappa shape index (κ3) is 1.60. The molecule has 4 nitrogen and oxygen atoms in total. The number of hydrogen-bond acceptors (Lipinski definition) is 3. The lowest BCUT2D eigenvalue weighted by Crippen LogP contribution is -2.44. The molecule has 4 heteroatoms. The molecule has 0 bridgehead atoms. The third-order valence-corrected chi connectivity index (χ3v) is 2.93. The largest absolute Gasteiger partial charge is 0.497 e. The lowest BCUT2D eigenvalue weighted by Gasteiger charge is -2.32. The molecule has 1 aromatic carbocycles. The van der Waals surface area contributed by atoms with Gasteiger partial charge in [-0.2, -0.15) is 0 Å². The summed E-state index contributed by atoms with van der Waals surface area (Å²) < 4.78 is 5.15. The Hall–Kier alpha value is -1.71. The molecule has 0 aromatic heterocycles. The van der Waals surface area contributed by atoms with Gasteiger partial charge in [-0.15, -0.1) is 0 Å². The number of carbonyl (C=O) groups excluding carboxylic acids is 1. The zero-order valence-corrected chi connectivity index (χ0v) is 9.78. The zero-order chi connectivity index (χ0) is 11.7. The summed E-state index contributed by atoms with van der Waals surface area (Å²) in [5, 5.41) is 3.23. The molecule has 1 amide bonds. The minimum absolute atomic E-state index is 0.100. The Kier molecular flexibility index (Phi) is 2.73. The van der Waals surface area contributed by atoms with E-state index in [0.29, 0.717) is 0 Å². The molecule has 0 fully saturated rings. The maximum absolute atomic E-state index is 11.9. The van der Waals surface area contributed by atoms with E-state index in [9.17, 15) is 4.79 Å². The second-order valence-electron chi connectivity index (χ2n) is 3.89. The van der Waals surface area contributed by atoms with E-state index < -0.39 is 0 Å². The first-order valence-corrected chi connectivity index (χ1v) is 5.39. The average molecular weight is 220 g/mol. The summed E-state index contributed by atoms with van der Waals surface area (Å²) in [7, 11) is 3.42. The predicted octanol–water partition coefficient (Wildman–Crippen LogP) is 1.86. The van der Waals surface area contributed by atoms with Crippen molar-refractivity contribution in [3.8, 4) is 5.75 Å². The topological polar surface area (TPSA) is 41.6 Å². The van der Waals surface area contributed by atoms with Crippen LogP contribution in [0, 0.1) is 0 Å². The molecule has 0 spiro atoms. The Morgan fingerprint density at radius 1 is 1.50 bits per heavy atom. The Morgan fingerprint density at radius 2 is 2.25 bits per heavy atom. The van der Waals surface area contributed by atoms with Gasteiger partial charge in [0.2, 0.25) is 5.91 Å². The van der Waals surface area contributed by atoms with Crippen LogP contribution in [0.5, 0.6) is 5.75 Å². The van der Waals surface area contributed by atoms with E-state index in [2.05, 4.69) is 5.32 Å². The number of nitrogens with one attached hydrogen (secondary N) is 1. The van der Waals surface area contributed by atoms with E-state index in [1.54, 1.807) is 19.1 Å². The van der Waals surface area contributed by atoms with Gasteiger partial charge in [-0.1, -0.05) is 6.92 Å². The Morgan fingerprint density at radius 3 is 2.88 bits per heavy atom. The van der Waals surface area contributed by atoms with Crippen molar-refractivity contribution in [1.29, 1.82) is 0 Å². The smallest absolute Gasteiger partial charge is 0.249 e. The van der Waals surface area contributed by atoms with E-state index in [-0.39, 0.29) is 11.9 Å². The predicted molar refractivity (Wildman–Crippen MR) is 64.1 cm³/mol. The highest BCUT2D eigenvalue weighted by Crippen LogP contribution is 2.34. The van der Waals surface area contributed by atoms with Gasteiger partial charge in [0.05, 0.1) is 18.5 Å². The minimum Gasteiger partial charge on any atom is -0.497 e. The number of ether oxygens (including phenoxy) is 1. The van der Waals surface area contributed by atoms with Gasteiger partial charge in [0.1, 0.15) is 11.8 Å². The molecule has 1 atom stereocenters. The normalized spacial score (nSPS) is 19.1. The fraction of sp³-hybridized carbons (Fsp3) is 0.417. The van der Waals surface area contributed by atoms with Crippen LogP contribution >= 0.6 is 0 Å². The van der Waals surface area contributed by atoms with Crippen LogP contribution in [0.2, 0.25) is 0 Å². The summed E-state index contributed by atoms with van der Waals surface area (Å²) in [5.74, 6) is 0.860. The Bertz CT molecular complexity index is 417. The quantitative estimate of drug-likeness (QED) is 0.827. The van der Waals surface area contributed by atoms with Crippen molar-refractivity contribution in [2.24, 2.45) is 0 Å². The van der Waals surface area contributed by atoms with Crippen molar-refractivity contribution in [2.75, 3.05) is 24.4 Å². The van der Waals surface area contributed by atoms with Gasteiger partial charge in [0, 0.05) is 13.1 Å². The average Bonchev–Trinajstić information content (AvgIpc) is 2.33. The first-order valence-electron chi connectivity index (χ1n) is 5.39. The molecule has 86 valence electrons. The number of fused-ring (bicyclic) bond motifs is 1. The zero-order valence-electron chi connectivity index (χ0n) is 9.78. The first-order chi connectivity index (χ1) is 7.67. The number of methoxy groups -OCH3 is 1. The number of nitrogens with zero attached hydrogens (tertiary/aromatic N) is 1. The second kappa shape index (κ2) is 4.04. The minimum atomic E-state index is -0.120. The molecule has 1 N–H and O–H groups in total. The molecular formula is C12H16N2O2. The van der Waals surface area contributed by atoms with Crippen molar-refractivity contribution in [1.82, 2.24) is 0 Å². The van der Waals surface area contributed by atoms with Gasteiger partial charge in [-0.05, 0) is 18.6 Å². The fourth-order valence-corrected chi connectivity index (χ4v) is 1.92. The summed E-state index contributed by atoms with van der Waals surface area (Å²) in [6.07, 6.45) is 0.786. The number of hydrogen-bond donors (Lipinski definition) is 1. The van der Waals surface area contributed by atoms with E-state index in [1.807, 2.05) is 25.1 Å². The highest BCUT2D eigenvalue weighted by molar-refractivity contribution is 6.04. The van der Waals surface area contributed by atoms with Crippen LogP contribution in [0.15, 0.2) is 18.2 Å². The van der Waals surface area contributed by atoms with E-state index in [0.717, 1.165) is 23.5 Å². The molecule has 0 saturated carbocycles. The van der Waals surface area contributed by atoms with Crippen LogP contribution in [0.4, 0.5) is 11.4 Å². The highest BCUT2D eigenvalue weighted by atomic mass is 16.5. The molecule has 0 radical (unpaired) electrons. The van der Waals surface area contributed by atoms with Gasteiger partial charge in [0.25, 0.3) is 0 Å². The number of carbonyl (C=O) groups is 1. The summed E-state index contributed by atoms with van der Waals surface area (Å²) in [5.41, 5.74) is 1.85. The number of benzene rings is 1. The van der Waals surface area contributed by atoms with E-state index in [1.165, 1.54) is 0 Å². The summed E-state index contributed by atoms with van der Waals surface area (Å²) >= 11 is 0. The van der Waals surface area contributed by atoms with Crippen LogP contribution in [0.25, 0.3) is 0 Å². The maximum Gasteiger partial charge on any atom is 0.249 e. The van der Waals surface area contributed by atoms with Crippen molar-refractivity contribution < 1.29 is 9.53 Å². The molecule has 1 aliphatic rings. The summed E-state index contributed by atoms with van der Waals surface area (Å²) in [6.45, 7) is 2.00. The lowest BCUT2D eigenvalue weighted by molar-refractivity contribution is -0.119. The number of amides is 1. The first kappa shape index (κ1) is 10.8. The molecule has 0 saturated heterocycles. The van der Waals surface area contributed by atoms with Gasteiger partial charge in [0.15, 0.2) is 0 Å². The monoisotopic (exact) mass is 220 g/mol. The molecule has 2 rings (SSSR count). The molecule has 16 heavy (non-hydrogen) atoms. The van der Waals surface area contributed by atoms with Crippen molar-refractivity contribution >= 4 is 17.3 Å². The SMILES string of the molecule is CCC1Nc2ccc(OC)cc2N(C)C1=O. The number of likely N-dealkylation sites (N-methyl/N-ethyl adjacent to an activating group) is 1. The van der Waals surface area contributed by atoms with Crippen LogP contribution < -0.4 is 15.0 Å². The van der Waals surface area contributed by atoms with E-state index in [4.69, 9.17) is 4.74 Å². The van der Waals surface area contributed by atoms with E-state index >= 15 is 0 Å². The molecular weight excluding hydrogens is 204 g/mol. The molecule has 1 aromatic rings. The fourth-order valence-electron chi connectivity index (χ4n) is 1.92. The summed E-state index contributed by atoms with van der Waals surface area (Å²) in [4.78, 5) is 13.6. The summed E-state index contributed by atoms with van der Waals surface area (Å²) in [6, 6.07) is 5.58. The van der Waals surface area contributed by atoms with Crippen molar-refractivity contribution in [3.63, 3.8) is 0 Å². The molecule has 1 unspecified atom stereocenters. The van der Waals surface area contributed by atoms with Crippen molar-refractivity contribution in [3.05, 3.63) is 18.2 Å². The Balaban J connectivity index is 2.42. The third-order valence-electron chi connectivity index (χ3n) is 2.93.